The van der Waals surface area contributed by atoms with Crippen LogP contribution in [-0.2, 0) is 0 Å². The Labute approximate surface area is 113 Å². The normalized spacial score (nSPS) is 10.7. The summed E-state index contributed by atoms with van der Waals surface area (Å²) in [4.78, 5) is 0. The van der Waals surface area contributed by atoms with Crippen LogP contribution in [0.4, 0.5) is 0 Å². The lowest BCUT2D eigenvalue weighted by Crippen LogP contribution is -2.21. The van der Waals surface area contributed by atoms with Crippen LogP contribution < -0.4 is 20.9 Å². The number of nitrogens with two attached hydrogens (primary N) is 2. The smallest absolute Gasteiger partial charge is 0.211 e. The molecule has 0 spiro atoms. The van der Waals surface area contributed by atoms with Crippen molar-refractivity contribution in [3.63, 3.8) is 0 Å². The Balaban J connectivity index is 2.95. The van der Waals surface area contributed by atoms with E-state index in [9.17, 15) is 0 Å². The molecule has 0 unspecified atom stereocenters. The van der Waals surface area contributed by atoms with E-state index in [-0.39, 0.29) is 12.1 Å². The molecule has 6 heteroatoms. The van der Waals surface area contributed by atoms with Gasteiger partial charge in [0.25, 0.3) is 0 Å². The molecule has 104 valence electrons. The molecule has 0 aromatic heterocycles. The fourth-order valence-corrected chi connectivity index (χ4v) is 1.39. The number of hydrogen-bond acceptors (Lipinski definition) is 4. The predicted octanol–water partition coefficient (Wildman–Crippen LogP) is 1.48. The van der Waals surface area contributed by atoms with E-state index in [1.165, 1.54) is 0 Å². The van der Waals surface area contributed by atoms with Crippen molar-refractivity contribution in [2.24, 2.45) is 21.7 Å². The Morgan fingerprint density at radius 2 is 2.05 bits per heavy atom. The SMILES string of the molecule is CCOc1cc(/C=N/N=C(N)N)ccc1OC(C)C. The average Bonchev–Trinajstić information content (AvgIpc) is 2.31. The maximum absolute atomic E-state index is 5.66. The molecule has 0 bridgehead atoms. The number of ether oxygens (including phenoxy) is 2. The van der Waals surface area contributed by atoms with Gasteiger partial charge >= 0.3 is 0 Å². The summed E-state index contributed by atoms with van der Waals surface area (Å²) < 4.78 is 11.2. The van der Waals surface area contributed by atoms with Gasteiger partial charge in [0, 0.05) is 0 Å². The quantitative estimate of drug-likeness (QED) is 0.462. The van der Waals surface area contributed by atoms with E-state index in [4.69, 9.17) is 20.9 Å². The van der Waals surface area contributed by atoms with Gasteiger partial charge in [0.05, 0.1) is 18.9 Å². The molecule has 1 aromatic carbocycles. The van der Waals surface area contributed by atoms with Crippen molar-refractivity contribution in [3.05, 3.63) is 23.8 Å². The molecule has 1 rings (SSSR count). The summed E-state index contributed by atoms with van der Waals surface area (Å²) in [6.45, 7) is 6.40. The molecule has 0 heterocycles. The van der Waals surface area contributed by atoms with E-state index in [2.05, 4.69) is 10.2 Å². The zero-order valence-electron chi connectivity index (χ0n) is 11.5. The van der Waals surface area contributed by atoms with E-state index in [0.29, 0.717) is 18.1 Å². The summed E-state index contributed by atoms with van der Waals surface area (Å²) in [7, 11) is 0. The second kappa shape index (κ2) is 7.25. The van der Waals surface area contributed by atoms with E-state index in [1.807, 2.05) is 39.0 Å². The molecule has 19 heavy (non-hydrogen) atoms. The zero-order valence-corrected chi connectivity index (χ0v) is 11.5. The summed E-state index contributed by atoms with van der Waals surface area (Å²) >= 11 is 0. The van der Waals surface area contributed by atoms with Crippen molar-refractivity contribution < 1.29 is 9.47 Å². The van der Waals surface area contributed by atoms with Crippen LogP contribution in [0.5, 0.6) is 11.5 Å². The zero-order chi connectivity index (χ0) is 14.3. The molecule has 0 atom stereocenters. The molecular weight excluding hydrogens is 244 g/mol. The molecule has 0 amide bonds. The van der Waals surface area contributed by atoms with Gasteiger partial charge in [-0.05, 0) is 44.5 Å². The topological polar surface area (TPSA) is 95.2 Å². The third kappa shape index (κ3) is 5.29. The number of benzene rings is 1. The first-order valence-electron chi connectivity index (χ1n) is 6.08. The van der Waals surface area contributed by atoms with Gasteiger partial charge in [0.15, 0.2) is 11.5 Å². The molecule has 4 N–H and O–H groups in total. The summed E-state index contributed by atoms with van der Waals surface area (Å²) in [5.41, 5.74) is 11.2. The number of nitrogens with zero attached hydrogens (tertiary/aromatic N) is 2. The Hall–Kier alpha value is -2.24. The minimum absolute atomic E-state index is 0.0824. The second-order valence-corrected chi connectivity index (χ2v) is 4.08. The molecule has 1 aromatic rings. The lowest BCUT2D eigenvalue weighted by atomic mass is 10.2. The van der Waals surface area contributed by atoms with Crippen LogP contribution >= 0.6 is 0 Å². The van der Waals surface area contributed by atoms with Crippen molar-refractivity contribution in [1.29, 1.82) is 0 Å². The highest BCUT2D eigenvalue weighted by Gasteiger charge is 2.07. The first-order valence-corrected chi connectivity index (χ1v) is 6.08. The van der Waals surface area contributed by atoms with Crippen molar-refractivity contribution in [3.8, 4) is 11.5 Å². The van der Waals surface area contributed by atoms with Gasteiger partial charge in [-0.1, -0.05) is 0 Å². The summed E-state index contributed by atoms with van der Waals surface area (Å²) in [6, 6.07) is 5.51. The fourth-order valence-electron chi connectivity index (χ4n) is 1.39. The highest BCUT2D eigenvalue weighted by molar-refractivity contribution is 5.82. The average molecular weight is 264 g/mol. The van der Waals surface area contributed by atoms with Crippen LogP contribution in [0.15, 0.2) is 28.4 Å². The molecule has 0 fully saturated rings. The highest BCUT2D eigenvalue weighted by atomic mass is 16.5. The fraction of sp³-hybridized carbons (Fsp3) is 0.385. The van der Waals surface area contributed by atoms with E-state index < -0.39 is 0 Å². The highest BCUT2D eigenvalue weighted by Crippen LogP contribution is 2.28. The number of hydrogen-bond donors (Lipinski definition) is 2. The molecule has 0 aliphatic heterocycles. The second-order valence-electron chi connectivity index (χ2n) is 4.08. The van der Waals surface area contributed by atoms with Gasteiger partial charge in [-0.2, -0.15) is 5.10 Å². The minimum Gasteiger partial charge on any atom is -0.490 e. The van der Waals surface area contributed by atoms with Crippen LogP contribution in [-0.4, -0.2) is 24.9 Å². The Kier molecular flexibility index (Phi) is 5.66. The van der Waals surface area contributed by atoms with Crippen LogP contribution in [0, 0.1) is 0 Å². The Morgan fingerprint density at radius 1 is 1.32 bits per heavy atom. The van der Waals surface area contributed by atoms with Gasteiger partial charge in [-0.15, -0.1) is 5.10 Å². The molecular formula is C13H20N4O2. The molecule has 0 saturated carbocycles. The lowest BCUT2D eigenvalue weighted by molar-refractivity contribution is 0.224. The monoisotopic (exact) mass is 264 g/mol. The molecule has 0 aliphatic carbocycles. The summed E-state index contributed by atoms with van der Waals surface area (Å²) in [5.74, 6) is 1.29. The third-order valence-electron chi connectivity index (χ3n) is 2.01. The molecule has 0 aliphatic rings. The van der Waals surface area contributed by atoms with E-state index >= 15 is 0 Å². The Morgan fingerprint density at radius 3 is 2.63 bits per heavy atom. The van der Waals surface area contributed by atoms with Gasteiger partial charge in [0.2, 0.25) is 5.96 Å². The van der Waals surface area contributed by atoms with Crippen molar-refractivity contribution in [2.75, 3.05) is 6.61 Å². The standard InChI is InChI=1S/C13H20N4O2/c1-4-18-12-7-10(8-16-17-13(14)15)5-6-11(12)19-9(2)3/h5-9H,4H2,1-3H3,(H4,14,15,17)/b16-8+. The summed E-state index contributed by atoms with van der Waals surface area (Å²) in [5, 5.41) is 7.29. The van der Waals surface area contributed by atoms with Crippen molar-refractivity contribution in [1.82, 2.24) is 0 Å². The third-order valence-corrected chi connectivity index (χ3v) is 2.01. The first-order chi connectivity index (χ1) is 9.02. The van der Waals surface area contributed by atoms with Crippen LogP contribution in [0.2, 0.25) is 0 Å². The van der Waals surface area contributed by atoms with Gasteiger partial charge in [-0.3, -0.25) is 0 Å². The van der Waals surface area contributed by atoms with Gasteiger partial charge in [-0.25, -0.2) is 0 Å². The van der Waals surface area contributed by atoms with Crippen LogP contribution in [0.25, 0.3) is 0 Å². The molecule has 0 radical (unpaired) electrons. The predicted molar refractivity (Wildman–Crippen MR) is 76.8 cm³/mol. The van der Waals surface area contributed by atoms with Crippen LogP contribution in [0.1, 0.15) is 26.3 Å². The molecule has 0 saturated heterocycles. The van der Waals surface area contributed by atoms with Gasteiger partial charge < -0.3 is 20.9 Å². The van der Waals surface area contributed by atoms with Crippen LogP contribution in [0.3, 0.4) is 0 Å². The maximum atomic E-state index is 5.66. The first kappa shape index (κ1) is 14.8. The Bertz CT molecular complexity index is 466. The lowest BCUT2D eigenvalue weighted by Gasteiger charge is -2.14. The van der Waals surface area contributed by atoms with Crippen molar-refractivity contribution in [2.45, 2.75) is 26.9 Å². The van der Waals surface area contributed by atoms with E-state index in [1.54, 1.807) is 6.21 Å². The van der Waals surface area contributed by atoms with Crippen molar-refractivity contribution >= 4 is 12.2 Å². The number of rotatable bonds is 6. The minimum atomic E-state index is -0.0824. The van der Waals surface area contributed by atoms with Gasteiger partial charge in [0.1, 0.15) is 0 Å². The molecule has 6 nitrogen and oxygen atoms in total. The number of guanidine groups is 1. The maximum Gasteiger partial charge on any atom is 0.211 e. The summed E-state index contributed by atoms with van der Waals surface area (Å²) in [6.07, 6.45) is 1.63. The van der Waals surface area contributed by atoms with E-state index in [0.717, 1.165) is 5.56 Å². The largest absolute Gasteiger partial charge is 0.490 e.